The van der Waals surface area contributed by atoms with Gasteiger partial charge in [0.15, 0.2) is 23.0 Å². The van der Waals surface area contributed by atoms with Crippen molar-refractivity contribution in [2.75, 3.05) is 24.8 Å². The number of oxime groups is 1. The Morgan fingerprint density at radius 3 is 2.33 bits per heavy atom. The summed E-state index contributed by atoms with van der Waals surface area (Å²) in [5.41, 5.74) is -1.79. The smallest absolute Gasteiger partial charge is 0.408 e. The van der Waals surface area contributed by atoms with E-state index < -0.39 is 70.8 Å². The molecule has 55 heavy (non-hydrogen) atoms. The number of ether oxygens (including phenoxy) is 3. The lowest BCUT2D eigenvalue weighted by atomic mass is 9.87. The van der Waals surface area contributed by atoms with Gasteiger partial charge in [0, 0.05) is 17.3 Å². The quantitative estimate of drug-likeness (QED) is 0.0384. The number of nitrogens with zero attached hydrogens (tertiary/aromatic N) is 3. The summed E-state index contributed by atoms with van der Waals surface area (Å²) in [5.74, 6) is -3.79. The van der Waals surface area contributed by atoms with Gasteiger partial charge < -0.3 is 35.0 Å². The van der Waals surface area contributed by atoms with Gasteiger partial charge in [-0.05, 0) is 37.5 Å². The van der Waals surface area contributed by atoms with E-state index in [1.54, 1.807) is 87.5 Å². The number of aromatic nitrogens is 1. The Labute approximate surface area is 324 Å². The van der Waals surface area contributed by atoms with Crippen LogP contribution in [0.1, 0.15) is 43.7 Å². The van der Waals surface area contributed by atoms with E-state index in [1.807, 2.05) is 0 Å². The minimum Gasteiger partial charge on any atom is -0.461 e. The van der Waals surface area contributed by atoms with Crippen LogP contribution in [0.2, 0.25) is 0 Å². The van der Waals surface area contributed by atoms with E-state index in [0.29, 0.717) is 28.9 Å². The van der Waals surface area contributed by atoms with Gasteiger partial charge in [0.25, 0.3) is 11.8 Å². The molecule has 288 valence electrons. The molecule has 2 aliphatic heterocycles. The maximum absolute atomic E-state index is 14.2. The molecule has 1 saturated heterocycles. The van der Waals surface area contributed by atoms with Crippen molar-refractivity contribution in [3.05, 3.63) is 107 Å². The molecule has 3 heterocycles. The molecule has 3 aromatic rings. The standard InChI is InChI=1S/C37H38N6O10S2/c1-6-22-17-43-31(47)37(32(43)54-19-22,41-29(45)27(42-50-5)26-20-55-34(39-26)38-21-44)33(48)51-18-25(40-35(49)53-36(2,3)4)30(46)52-28(23-13-9-7-10-14-23)24-15-11-8-12-16-24/h6-17,20-21,25,28,32H,1,18-19H2,2-5H3,(H,40,49)(H,41,45)(H,38,39,44)/t25?,32-,37?/m0/s1. The average Bonchev–Trinajstić information content (AvgIpc) is 3.64. The van der Waals surface area contributed by atoms with Crippen molar-refractivity contribution in [1.29, 1.82) is 0 Å². The minimum absolute atomic E-state index is 0.0262. The third kappa shape index (κ3) is 9.21. The lowest BCUT2D eigenvalue weighted by molar-refractivity contribution is -0.174. The number of fused-ring (bicyclic) bond motifs is 1. The maximum Gasteiger partial charge on any atom is 0.408 e. The van der Waals surface area contributed by atoms with Gasteiger partial charge in [-0.25, -0.2) is 19.4 Å². The second kappa shape index (κ2) is 17.4. The number of thioether (sulfide) groups is 1. The number of carbonyl (C=O) groups excluding carboxylic acids is 6. The highest BCUT2D eigenvalue weighted by Crippen LogP contribution is 2.44. The van der Waals surface area contributed by atoms with Crippen LogP contribution in [-0.4, -0.2) is 93.9 Å². The van der Waals surface area contributed by atoms with Crippen LogP contribution in [0.25, 0.3) is 0 Å². The number of carbonyl (C=O) groups is 6. The molecule has 3 atom stereocenters. The van der Waals surface area contributed by atoms with Crippen LogP contribution in [0.15, 0.2) is 95.6 Å². The highest BCUT2D eigenvalue weighted by molar-refractivity contribution is 8.00. The van der Waals surface area contributed by atoms with E-state index in [-0.39, 0.29) is 10.8 Å². The number of allylic oxidation sites excluding steroid dienone is 1. The number of hydrogen-bond donors (Lipinski definition) is 3. The number of amides is 4. The molecule has 2 unspecified atom stereocenters. The molecule has 16 nitrogen and oxygen atoms in total. The summed E-state index contributed by atoms with van der Waals surface area (Å²) in [4.78, 5) is 90.2. The first-order valence-electron chi connectivity index (χ1n) is 16.7. The van der Waals surface area contributed by atoms with E-state index >= 15 is 0 Å². The van der Waals surface area contributed by atoms with Gasteiger partial charge in [0.1, 0.15) is 30.4 Å². The molecule has 1 aromatic heterocycles. The zero-order chi connectivity index (χ0) is 39.8. The molecule has 5 rings (SSSR count). The Morgan fingerprint density at radius 2 is 1.75 bits per heavy atom. The third-order valence-corrected chi connectivity index (χ3v) is 10.1. The van der Waals surface area contributed by atoms with Gasteiger partial charge in [-0.2, -0.15) is 0 Å². The molecule has 0 saturated carbocycles. The predicted molar refractivity (Wildman–Crippen MR) is 203 cm³/mol. The molecule has 3 N–H and O–H groups in total. The molecule has 2 aliphatic rings. The summed E-state index contributed by atoms with van der Waals surface area (Å²) in [7, 11) is 1.18. The predicted octanol–water partition coefficient (Wildman–Crippen LogP) is 3.67. The minimum atomic E-state index is -2.34. The molecule has 4 amide bonds. The van der Waals surface area contributed by atoms with Crippen LogP contribution < -0.4 is 16.0 Å². The molecule has 18 heteroatoms. The van der Waals surface area contributed by atoms with Crippen molar-refractivity contribution in [1.82, 2.24) is 20.5 Å². The fourth-order valence-corrected chi connectivity index (χ4v) is 7.47. The SMILES string of the molecule is C=CC1=CN2C(=O)C(NC(=O)C(=NOC)c3csc(NC=O)n3)(C(=O)OCC(NC(=O)OC(C)(C)C)C(=O)OC(c3ccccc3)c3ccccc3)[C@@H]2SC1. The Balaban J connectivity index is 1.45. The Bertz CT molecular complexity index is 1960. The number of nitrogens with one attached hydrogen (secondary N) is 3. The lowest BCUT2D eigenvalue weighted by Crippen LogP contribution is -2.82. The molecule has 2 aromatic carbocycles. The topological polar surface area (TPSA) is 204 Å². The first-order chi connectivity index (χ1) is 26.3. The summed E-state index contributed by atoms with van der Waals surface area (Å²) in [6.45, 7) is 7.80. The number of alkyl carbamates (subject to hydrolysis) is 1. The molecular formula is C37H38N6O10S2. The van der Waals surface area contributed by atoms with Crippen LogP contribution in [0, 0.1) is 0 Å². The Kier molecular flexibility index (Phi) is 12.7. The zero-order valence-corrected chi connectivity index (χ0v) is 31.8. The summed E-state index contributed by atoms with van der Waals surface area (Å²) < 4.78 is 17.0. The van der Waals surface area contributed by atoms with Crippen LogP contribution in [0.4, 0.5) is 9.93 Å². The second-order valence-electron chi connectivity index (χ2n) is 12.9. The first-order valence-corrected chi connectivity index (χ1v) is 18.6. The number of benzene rings is 2. The largest absolute Gasteiger partial charge is 0.461 e. The third-order valence-electron chi connectivity index (χ3n) is 7.92. The van der Waals surface area contributed by atoms with E-state index in [9.17, 15) is 28.8 Å². The number of hydrogen-bond acceptors (Lipinski definition) is 14. The van der Waals surface area contributed by atoms with Gasteiger partial charge >= 0.3 is 18.0 Å². The normalized spacial score (nSPS) is 18.4. The fraction of sp³-hybridized carbons (Fsp3) is 0.297. The fourth-order valence-electron chi connectivity index (χ4n) is 5.45. The van der Waals surface area contributed by atoms with E-state index in [2.05, 4.69) is 32.7 Å². The summed E-state index contributed by atoms with van der Waals surface area (Å²) >= 11 is 2.14. The van der Waals surface area contributed by atoms with Crippen molar-refractivity contribution in [3.63, 3.8) is 0 Å². The van der Waals surface area contributed by atoms with Gasteiger partial charge in [-0.1, -0.05) is 78.5 Å². The first kappa shape index (κ1) is 40.2. The summed E-state index contributed by atoms with van der Waals surface area (Å²) in [5, 5.41) is 11.6. The van der Waals surface area contributed by atoms with Crippen LogP contribution in [0.5, 0.6) is 0 Å². The Hall–Kier alpha value is -6.01. The molecular weight excluding hydrogens is 753 g/mol. The maximum atomic E-state index is 14.2. The van der Waals surface area contributed by atoms with E-state index in [4.69, 9.17) is 19.0 Å². The average molecular weight is 791 g/mol. The van der Waals surface area contributed by atoms with E-state index in [1.165, 1.54) is 23.6 Å². The molecule has 0 radical (unpaired) electrons. The van der Waals surface area contributed by atoms with Crippen LogP contribution >= 0.6 is 23.1 Å². The van der Waals surface area contributed by atoms with Gasteiger partial charge in [0.2, 0.25) is 11.9 Å². The van der Waals surface area contributed by atoms with Crippen molar-refractivity contribution >= 4 is 70.2 Å². The molecule has 0 bridgehead atoms. The highest BCUT2D eigenvalue weighted by atomic mass is 32.2. The second-order valence-corrected chi connectivity index (χ2v) is 14.8. The van der Waals surface area contributed by atoms with Gasteiger partial charge in [-0.15, -0.1) is 23.1 Å². The van der Waals surface area contributed by atoms with Crippen molar-refractivity contribution < 1.29 is 47.8 Å². The Morgan fingerprint density at radius 1 is 1.09 bits per heavy atom. The molecule has 1 fully saturated rings. The molecule has 0 aliphatic carbocycles. The highest BCUT2D eigenvalue weighted by Gasteiger charge is 2.69. The number of esters is 2. The van der Waals surface area contributed by atoms with Gasteiger partial charge in [0.05, 0.1) is 0 Å². The van der Waals surface area contributed by atoms with Crippen LogP contribution in [-0.2, 0) is 43.0 Å². The zero-order valence-electron chi connectivity index (χ0n) is 30.2. The number of anilines is 1. The van der Waals surface area contributed by atoms with Crippen molar-refractivity contribution in [2.45, 2.75) is 49.4 Å². The number of β-lactam (4-membered cyclic amide) rings is 1. The van der Waals surface area contributed by atoms with Crippen molar-refractivity contribution in [2.24, 2.45) is 5.16 Å². The van der Waals surface area contributed by atoms with Gasteiger partial charge in [-0.3, -0.25) is 19.3 Å². The summed E-state index contributed by atoms with van der Waals surface area (Å²) in [6, 6.07) is 16.1. The monoisotopic (exact) mass is 790 g/mol. The molecule has 0 spiro atoms. The number of thiazole rings is 1. The number of rotatable bonds is 15. The lowest BCUT2D eigenvalue weighted by Gasteiger charge is -2.53. The summed E-state index contributed by atoms with van der Waals surface area (Å²) in [6.07, 6.45) is 1.54. The van der Waals surface area contributed by atoms with Crippen molar-refractivity contribution in [3.8, 4) is 0 Å². The van der Waals surface area contributed by atoms with E-state index in [0.717, 1.165) is 23.1 Å². The van der Waals surface area contributed by atoms with Crippen LogP contribution in [0.3, 0.4) is 0 Å².